The second kappa shape index (κ2) is 8.75. The lowest BCUT2D eigenvalue weighted by atomic mass is 9.96. The summed E-state index contributed by atoms with van der Waals surface area (Å²) < 4.78 is 15.7. The third kappa shape index (κ3) is 5.38. The van der Waals surface area contributed by atoms with Gasteiger partial charge in [0.25, 0.3) is 0 Å². The third-order valence-electron chi connectivity index (χ3n) is 4.80. The summed E-state index contributed by atoms with van der Waals surface area (Å²) >= 11 is 0. The van der Waals surface area contributed by atoms with Gasteiger partial charge in [0.1, 0.15) is 6.10 Å². The summed E-state index contributed by atoms with van der Waals surface area (Å²) in [7, 11) is 0. The van der Waals surface area contributed by atoms with E-state index in [4.69, 9.17) is 13.6 Å². The first-order valence-electron chi connectivity index (χ1n) is 9.10. The molecule has 1 fully saturated rings. The number of hydrogen-bond donors (Lipinski definition) is 0. The molecule has 0 radical (unpaired) electrons. The van der Waals surface area contributed by atoms with E-state index in [2.05, 4.69) is 13.0 Å². The minimum absolute atomic E-state index is 0.0341. The maximum atomic E-state index is 12.0. The molecule has 4 nitrogen and oxygen atoms in total. The maximum Gasteiger partial charge on any atom is 0.309 e. The van der Waals surface area contributed by atoms with Crippen molar-refractivity contribution in [1.82, 2.24) is 0 Å². The Hall–Kier alpha value is -2.23. The van der Waals surface area contributed by atoms with Crippen molar-refractivity contribution in [2.75, 3.05) is 0 Å². The van der Waals surface area contributed by atoms with Crippen LogP contribution in [0.1, 0.15) is 50.2 Å². The van der Waals surface area contributed by atoms with Crippen LogP contribution in [0.5, 0.6) is 0 Å². The van der Waals surface area contributed by atoms with Gasteiger partial charge in [-0.1, -0.05) is 5.57 Å². The van der Waals surface area contributed by atoms with Gasteiger partial charge in [0.15, 0.2) is 0 Å². The van der Waals surface area contributed by atoms with Gasteiger partial charge in [-0.3, -0.25) is 4.79 Å². The van der Waals surface area contributed by atoms with Crippen LogP contribution < -0.4 is 0 Å². The fourth-order valence-corrected chi connectivity index (χ4v) is 3.40. The first-order valence-corrected chi connectivity index (χ1v) is 9.10. The molecule has 0 N–H and O–H groups in total. The van der Waals surface area contributed by atoms with E-state index in [9.17, 15) is 4.79 Å². The molecule has 1 aliphatic rings. The Bertz CT molecular complexity index is 667. The monoisotopic (exact) mass is 342 g/mol. The van der Waals surface area contributed by atoms with Crippen molar-refractivity contribution in [3.05, 3.63) is 60.0 Å². The zero-order valence-corrected chi connectivity index (χ0v) is 14.8. The average molecular weight is 342 g/mol. The first kappa shape index (κ1) is 17.6. The molecule has 1 saturated heterocycles. The molecule has 0 aliphatic carbocycles. The highest BCUT2D eigenvalue weighted by Gasteiger charge is 2.32. The number of ether oxygens (including phenoxy) is 1. The molecule has 0 unspecified atom stereocenters. The summed E-state index contributed by atoms with van der Waals surface area (Å²) in [5.41, 5.74) is 3.72. The summed E-state index contributed by atoms with van der Waals surface area (Å²) in [6, 6.07) is 3.98. The molecule has 0 spiro atoms. The predicted molar refractivity (Wildman–Crippen MR) is 95.0 cm³/mol. The van der Waals surface area contributed by atoms with Crippen molar-refractivity contribution in [2.45, 2.75) is 58.0 Å². The minimum atomic E-state index is -0.0552. The molecule has 2 aromatic rings. The van der Waals surface area contributed by atoms with Gasteiger partial charge in [0, 0.05) is 6.42 Å². The van der Waals surface area contributed by atoms with E-state index in [1.807, 2.05) is 12.1 Å². The van der Waals surface area contributed by atoms with Crippen LogP contribution in [0, 0.1) is 5.92 Å². The number of rotatable bonds is 9. The van der Waals surface area contributed by atoms with E-state index >= 15 is 0 Å². The standard InChI is InChI=1S/C21H26O4/c1-16(4-2-5-17-8-10-23-14-17)12-20-13-19(21(22)25-20)7-3-6-18-9-11-24-15-18/h8-12,14-15,19-20H,2-7,13H2,1H3/b16-12+/t19-,20+/m1/s1. The number of esters is 1. The van der Waals surface area contributed by atoms with Crippen LogP contribution in [-0.4, -0.2) is 12.1 Å². The number of hydrogen-bond acceptors (Lipinski definition) is 4. The number of carbonyl (C=O) groups is 1. The maximum absolute atomic E-state index is 12.0. The molecule has 1 aliphatic heterocycles. The number of allylic oxidation sites excluding steroid dienone is 1. The van der Waals surface area contributed by atoms with Crippen LogP contribution in [0.4, 0.5) is 0 Å². The molecule has 3 heterocycles. The van der Waals surface area contributed by atoms with Gasteiger partial charge < -0.3 is 13.6 Å². The van der Waals surface area contributed by atoms with Gasteiger partial charge in [0.05, 0.1) is 31.0 Å². The fourth-order valence-electron chi connectivity index (χ4n) is 3.40. The van der Waals surface area contributed by atoms with Crippen molar-refractivity contribution in [2.24, 2.45) is 5.92 Å². The van der Waals surface area contributed by atoms with Gasteiger partial charge >= 0.3 is 5.97 Å². The lowest BCUT2D eigenvalue weighted by molar-refractivity contribution is -0.143. The Kier molecular flexibility index (Phi) is 6.15. The van der Waals surface area contributed by atoms with E-state index in [1.165, 1.54) is 16.7 Å². The van der Waals surface area contributed by atoms with E-state index in [0.717, 1.165) is 44.9 Å². The SMILES string of the molecule is C/C(=C\[C@H]1C[C@@H](CCCc2ccoc2)C(=O)O1)CCCc1ccoc1. The molecular weight excluding hydrogens is 316 g/mol. The summed E-state index contributed by atoms with van der Waals surface area (Å²) in [5.74, 6) is -0.00785. The average Bonchev–Trinajstić information content (AvgIpc) is 3.31. The van der Waals surface area contributed by atoms with Crippen molar-refractivity contribution >= 4 is 5.97 Å². The van der Waals surface area contributed by atoms with Gasteiger partial charge in [-0.2, -0.15) is 0 Å². The highest BCUT2D eigenvalue weighted by atomic mass is 16.5. The van der Waals surface area contributed by atoms with Crippen molar-refractivity contribution < 1.29 is 18.4 Å². The highest BCUT2D eigenvalue weighted by Crippen LogP contribution is 2.28. The highest BCUT2D eigenvalue weighted by molar-refractivity contribution is 5.74. The molecule has 2 aromatic heterocycles. The summed E-state index contributed by atoms with van der Waals surface area (Å²) in [6.45, 7) is 2.12. The van der Waals surface area contributed by atoms with Crippen LogP contribution in [0.25, 0.3) is 0 Å². The molecule has 25 heavy (non-hydrogen) atoms. The van der Waals surface area contributed by atoms with E-state index < -0.39 is 0 Å². The van der Waals surface area contributed by atoms with E-state index in [-0.39, 0.29) is 18.0 Å². The molecule has 4 heteroatoms. The Balaban J connectivity index is 1.38. The summed E-state index contributed by atoms with van der Waals surface area (Å²) in [6.07, 6.45) is 15.8. The third-order valence-corrected chi connectivity index (χ3v) is 4.80. The smallest absolute Gasteiger partial charge is 0.309 e. The van der Waals surface area contributed by atoms with Gasteiger partial charge in [-0.15, -0.1) is 0 Å². The van der Waals surface area contributed by atoms with Crippen LogP contribution in [0.2, 0.25) is 0 Å². The lowest BCUT2D eigenvalue weighted by Crippen LogP contribution is -2.07. The Morgan fingerprint density at radius 2 is 1.80 bits per heavy atom. The Labute approximate surface area is 148 Å². The normalized spacial score (nSPS) is 20.8. The molecule has 134 valence electrons. The van der Waals surface area contributed by atoms with Crippen molar-refractivity contribution in [3.63, 3.8) is 0 Å². The van der Waals surface area contributed by atoms with E-state index in [0.29, 0.717) is 0 Å². The number of furan rings is 2. The number of carbonyl (C=O) groups excluding carboxylic acids is 1. The van der Waals surface area contributed by atoms with Gasteiger partial charge in [-0.25, -0.2) is 0 Å². The van der Waals surface area contributed by atoms with Crippen LogP contribution in [0.3, 0.4) is 0 Å². The van der Waals surface area contributed by atoms with Gasteiger partial charge in [0.2, 0.25) is 0 Å². The second-order valence-electron chi connectivity index (χ2n) is 6.93. The fraction of sp³-hybridized carbons (Fsp3) is 0.476. The van der Waals surface area contributed by atoms with Crippen molar-refractivity contribution in [1.29, 1.82) is 0 Å². The zero-order valence-electron chi connectivity index (χ0n) is 14.8. The molecule has 2 atom stereocenters. The molecule has 0 amide bonds. The van der Waals surface area contributed by atoms with Crippen molar-refractivity contribution in [3.8, 4) is 0 Å². The minimum Gasteiger partial charge on any atom is -0.472 e. The Morgan fingerprint density at radius 1 is 1.12 bits per heavy atom. The molecular formula is C21H26O4. The van der Waals surface area contributed by atoms with Crippen LogP contribution in [-0.2, 0) is 22.4 Å². The van der Waals surface area contributed by atoms with Gasteiger partial charge in [-0.05, 0) is 74.8 Å². The number of aryl methyl sites for hydroxylation is 2. The topological polar surface area (TPSA) is 52.6 Å². The summed E-state index contributed by atoms with van der Waals surface area (Å²) in [4.78, 5) is 12.0. The molecule has 0 saturated carbocycles. The zero-order chi connectivity index (χ0) is 17.5. The van der Waals surface area contributed by atoms with E-state index in [1.54, 1.807) is 25.1 Å². The van der Waals surface area contributed by atoms with Crippen LogP contribution >= 0.6 is 0 Å². The number of cyclic esters (lactones) is 1. The molecule has 3 rings (SSSR count). The quantitative estimate of drug-likeness (QED) is 0.470. The lowest BCUT2D eigenvalue weighted by Gasteiger charge is -2.06. The Morgan fingerprint density at radius 3 is 2.44 bits per heavy atom. The second-order valence-corrected chi connectivity index (χ2v) is 6.93. The largest absolute Gasteiger partial charge is 0.472 e. The molecule has 0 bridgehead atoms. The summed E-state index contributed by atoms with van der Waals surface area (Å²) in [5, 5.41) is 0. The predicted octanol–water partition coefficient (Wildman–Crippen LogP) is 5.10. The first-order chi connectivity index (χ1) is 12.2. The van der Waals surface area contributed by atoms with Crippen LogP contribution in [0.15, 0.2) is 57.7 Å². The molecule has 0 aromatic carbocycles.